The average Bonchev–Trinajstić information content (AvgIpc) is 3.07. The minimum atomic E-state index is -0.807. The molecule has 1 fully saturated rings. The molecule has 0 bridgehead atoms. The molecular weight excluding hydrogens is 544 g/mol. The molecule has 0 saturated carbocycles. The Hall–Kier alpha value is -3.40. The number of hydrogen-bond acceptors (Lipinski definition) is 7. The molecule has 1 aliphatic heterocycles. The van der Waals surface area contributed by atoms with Gasteiger partial charge in [0.25, 0.3) is 0 Å². The molecule has 0 spiro atoms. The van der Waals surface area contributed by atoms with Gasteiger partial charge in [0.1, 0.15) is 24.4 Å². The first-order valence-corrected chi connectivity index (χ1v) is 14.8. The molecule has 0 aliphatic carbocycles. The van der Waals surface area contributed by atoms with Gasteiger partial charge in [-0.2, -0.15) is 0 Å². The van der Waals surface area contributed by atoms with Gasteiger partial charge in [-0.1, -0.05) is 121 Å². The zero-order valence-electron chi connectivity index (χ0n) is 24.3. The van der Waals surface area contributed by atoms with Crippen molar-refractivity contribution in [1.29, 1.82) is 0 Å². The smallest absolute Gasteiger partial charge is 0.187 e. The predicted octanol–water partition coefficient (Wildman–Crippen LogP) is 5.69. The molecule has 0 amide bonds. The number of aliphatic hydroxyl groups is 1. The fraction of sp³-hybridized carbons (Fsp3) is 0.333. The van der Waals surface area contributed by atoms with Crippen molar-refractivity contribution in [3.63, 3.8) is 0 Å². The third-order valence-electron chi connectivity index (χ3n) is 7.21. The highest BCUT2D eigenvalue weighted by atomic mass is 16.7. The van der Waals surface area contributed by atoms with Gasteiger partial charge in [-0.3, -0.25) is 0 Å². The van der Waals surface area contributed by atoms with Crippen LogP contribution in [0.15, 0.2) is 121 Å². The maximum absolute atomic E-state index is 9.60. The van der Waals surface area contributed by atoms with Crippen LogP contribution in [0.4, 0.5) is 0 Å². The Morgan fingerprint density at radius 2 is 0.907 bits per heavy atom. The standard InChI is InChI=1S/C36H40O7/c37-21-22-39-36-35(42-26-31-19-11-4-12-20-31)34(41-25-30-17-9-3-10-18-30)33(40-24-29-15-7-2-8-16-29)32(43-36)27-38-23-28-13-5-1-6-14-28/h1-20,32-37H,21-27H2/t32?,33-,34+,35?,36-/m1/s1. The summed E-state index contributed by atoms with van der Waals surface area (Å²) in [6, 6.07) is 40.0. The first-order chi connectivity index (χ1) is 21.3. The zero-order valence-corrected chi connectivity index (χ0v) is 24.3. The molecule has 4 aromatic carbocycles. The summed E-state index contributed by atoms with van der Waals surface area (Å²) in [5.41, 5.74) is 4.14. The minimum absolute atomic E-state index is 0.0917. The lowest BCUT2D eigenvalue weighted by atomic mass is 9.97. The Morgan fingerprint density at radius 3 is 1.37 bits per heavy atom. The van der Waals surface area contributed by atoms with Crippen LogP contribution in [-0.2, 0) is 54.8 Å². The van der Waals surface area contributed by atoms with Crippen molar-refractivity contribution < 1.29 is 33.5 Å². The van der Waals surface area contributed by atoms with Crippen LogP contribution in [0.1, 0.15) is 22.3 Å². The van der Waals surface area contributed by atoms with Gasteiger partial charge in [0, 0.05) is 0 Å². The van der Waals surface area contributed by atoms with Gasteiger partial charge < -0.3 is 33.5 Å². The predicted molar refractivity (Wildman–Crippen MR) is 163 cm³/mol. The lowest BCUT2D eigenvalue weighted by Gasteiger charge is -2.45. The molecule has 5 rings (SSSR count). The largest absolute Gasteiger partial charge is 0.394 e. The van der Waals surface area contributed by atoms with Crippen molar-refractivity contribution in [2.45, 2.75) is 57.1 Å². The molecule has 1 heterocycles. The van der Waals surface area contributed by atoms with Crippen molar-refractivity contribution in [2.75, 3.05) is 19.8 Å². The molecule has 2 unspecified atom stereocenters. The summed E-state index contributed by atoms with van der Waals surface area (Å²) in [4.78, 5) is 0. The van der Waals surface area contributed by atoms with Gasteiger partial charge in [-0.15, -0.1) is 0 Å². The quantitative estimate of drug-likeness (QED) is 0.181. The van der Waals surface area contributed by atoms with Gasteiger partial charge in [0.15, 0.2) is 6.29 Å². The maximum Gasteiger partial charge on any atom is 0.187 e. The van der Waals surface area contributed by atoms with Crippen molar-refractivity contribution >= 4 is 0 Å². The summed E-state index contributed by atoms with van der Waals surface area (Å²) in [6.07, 6.45) is -3.06. The molecule has 43 heavy (non-hydrogen) atoms. The molecule has 1 N–H and O–H groups in total. The van der Waals surface area contributed by atoms with Crippen LogP contribution in [0.5, 0.6) is 0 Å². The Labute approximate surface area is 253 Å². The number of ether oxygens (including phenoxy) is 6. The van der Waals surface area contributed by atoms with Gasteiger partial charge in [-0.25, -0.2) is 0 Å². The van der Waals surface area contributed by atoms with Crippen LogP contribution in [0.2, 0.25) is 0 Å². The fourth-order valence-electron chi connectivity index (χ4n) is 5.05. The fourth-order valence-corrected chi connectivity index (χ4v) is 5.05. The minimum Gasteiger partial charge on any atom is -0.394 e. The normalized spacial score (nSPS) is 21.9. The van der Waals surface area contributed by atoms with E-state index in [-0.39, 0.29) is 19.8 Å². The SMILES string of the molecule is OCCO[C@@H]1OC(COCc2ccccc2)[C@@H](OCc2ccccc2)[C@H](OCc2ccccc2)C1OCc1ccccc1. The van der Waals surface area contributed by atoms with Crippen LogP contribution in [0.3, 0.4) is 0 Å². The Kier molecular flexibility index (Phi) is 12.3. The maximum atomic E-state index is 9.60. The van der Waals surface area contributed by atoms with E-state index < -0.39 is 30.7 Å². The van der Waals surface area contributed by atoms with Crippen LogP contribution in [-0.4, -0.2) is 55.6 Å². The van der Waals surface area contributed by atoms with E-state index in [9.17, 15) is 5.11 Å². The Morgan fingerprint density at radius 1 is 0.488 bits per heavy atom. The molecule has 1 saturated heterocycles. The zero-order chi connectivity index (χ0) is 29.5. The molecule has 7 nitrogen and oxygen atoms in total. The molecule has 226 valence electrons. The molecule has 0 radical (unpaired) electrons. The Bertz CT molecular complexity index is 1290. The summed E-state index contributed by atoms with van der Waals surface area (Å²) in [5.74, 6) is 0. The van der Waals surface area contributed by atoms with E-state index in [1.54, 1.807) is 0 Å². The van der Waals surface area contributed by atoms with Crippen LogP contribution in [0, 0.1) is 0 Å². The van der Waals surface area contributed by atoms with Crippen molar-refractivity contribution in [2.24, 2.45) is 0 Å². The first kappa shape index (κ1) is 31.0. The summed E-state index contributed by atoms with van der Waals surface area (Å²) < 4.78 is 38.5. The number of aliphatic hydroxyl groups excluding tert-OH is 1. The Balaban J connectivity index is 1.41. The molecule has 5 atom stereocenters. The third kappa shape index (κ3) is 9.55. The highest BCUT2D eigenvalue weighted by molar-refractivity contribution is 5.16. The highest BCUT2D eigenvalue weighted by Crippen LogP contribution is 2.31. The second-order valence-corrected chi connectivity index (χ2v) is 10.4. The van der Waals surface area contributed by atoms with Gasteiger partial charge in [-0.05, 0) is 22.3 Å². The summed E-state index contributed by atoms with van der Waals surface area (Å²) in [6.45, 7) is 1.68. The molecule has 7 heteroatoms. The summed E-state index contributed by atoms with van der Waals surface area (Å²) in [5, 5.41) is 9.60. The van der Waals surface area contributed by atoms with E-state index in [0.717, 1.165) is 22.3 Å². The second kappa shape index (κ2) is 17.0. The monoisotopic (exact) mass is 584 g/mol. The van der Waals surface area contributed by atoms with E-state index in [0.29, 0.717) is 26.4 Å². The van der Waals surface area contributed by atoms with E-state index >= 15 is 0 Å². The number of rotatable bonds is 16. The molecule has 0 aromatic heterocycles. The lowest BCUT2D eigenvalue weighted by Crippen LogP contribution is -2.61. The van der Waals surface area contributed by atoms with Gasteiger partial charge >= 0.3 is 0 Å². The highest BCUT2D eigenvalue weighted by Gasteiger charge is 2.49. The topological polar surface area (TPSA) is 75.6 Å². The number of hydrogen-bond donors (Lipinski definition) is 1. The van der Waals surface area contributed by atoms with E-state index in [1.807, 2.05) is 121 Å². The first-order valence-electron chi connectivity index (χ1n) is 14.8. The lowest BCUT2D eigenvalue weighted by molar-refractivity contribution is -0.329. The average molecular weight is 585 g/mol. The molecular formula is C36H40O7. The van der Waals surface area contributed by atoms with Crippen molar-refractivity contribution in [3.8, 4) is 0 Å². The van der Waals surface area contributed by atoms with Gasteiger partial charge in [0.2, 0.25) is 0 Å². The van der Waals surface area contributed by atoms with Crippen LogP contribution < -0.4 is 0 Å². The van der Waals surface area contributed by atoms with Crippen LogP contribution >= 0.6 is 0 Å². The molecule has 4 aromatic rings. The second-order valence-electron chi connectivity index (χ2n) is 10.4. The van der Waals surface area contributed by atoms with E-state index in [2.05, 4.69) is 0 Å². The van der Waals surface area contributed by atoms with E-state index in [4.69, 9.17) is 28.4 Å². The van der Waals surface area contributed by atoms with Gasteiger partial charge in [0.05, 0.1) is 46.2 Å². The number of benzene rings is 4. The van der Waals surface area contributed by atoms with Crippen LogP contribution in [0.25, 0.3) is 0 Å². The molecule has 1 aliphatic rings. The van der Waals surface area contributed by atoms with Crippen molar-refractivity contribution in [1.82, 2.24) is 0 Å². The summed E-state index contributed by atoms with van der Waals surface area (Å²) in [7, 11) is 0. The summed E-state index contributed by atoms with van der Waals surface area (Å²) >= 11 is 0. The third-order valence-corrected chi connectivity index (χ3v) is 7.21. The van der Waals surface area contributed by atoms with E-state index in [1.165, 1.54) is 0 Å². The van der Waals surface area contributed by atoms with Crippen molar-refractivity contribution in [3.05, 3.63) is 144 Å².